The van der Waals surface area contributed by atoms with Crippen molar-refractivity contribution in [3.8, 4) is 22.0 Å². The summed E-state index contributed by atoms with van der Waals surface area (Å²) in [5.74, 6) is -0.726. The molecule has 0 spiro atoms. The number of carbonyl (C=O) groups excluding carboxylic acids is 1. The summed E-state index contributed by atoms with van der Waals surface area (Å²) in [5.41, 5.74) is 2.21. The highest BCUT2D eigenvalue weighted by molar-refractivity contribution is 7.11. The Hall–Kier alpha value is -4.05. The summed E-state index contributed by atoms with van der Waals surface area (Å²) in [6.45, 7) is 1.86. The summed E-state index contributed by atoms with van der Waals surface area (Å²) in [6.07, 6.45) is 6.28. The van der Waals surface area contributed by atoms with Crippen molar-refractivity contribution in [2.45, 2.75) is 6.92 Å². The molecule has 10 heteroatoms. The van der Waals surface area contributed by atoms with Gasteiger partial charge < -0.3 is 5.11 Å². The summed E-state index contributed by atoms with van der Waals surface area (Å²) in [5, 5.41) is 18.3. The Bertz CT molecular complexity index is 1430. The molecular weight excluding hydrogens is 418 g/mol. The molecular formula is C21H17N5O4S. The van der Waals surface area contributed by atoms with E-state index < -0.39 is 26.8 Å². The predicted octanol–water partition coefficient (Wildman–Crippen LogP) is 2.29. The highest BCUT2D eigenvalue weighted by atomic mass is 32.1. The number of hydrogen-bond donors (Lipinski definition) is 2. The molecule has 2 N–H and O–H groups in total. The minimum absolute atomic E-state index is 0.391. The van der Waals surface area contributed by atoms with Crippen LogP contribution in [0.5, 0.6) is 5.06 Å². The third-order valence-corrected chi connectivity index (χ3v) is 5.22. The normalized spacial score (nSPS) is 11.3. The van der Waals surface area contributed by atoms with E-state index in [2.05, 4.69) is 10.2 Å². The van der Waals surface area contributed by atoms with E-state index in [4.69, 9.17) is 0 Å². The minimum Gasteiger partial charge on any atom is -0.499 e. The number of aryl methyl sites for hydroxylation is 2. The van der Waals surface area contributed by atoms with Crippen LogP contribution in [0.4, 0.5) is 0 Å². The van der Waals surface area contributed by atoms with Crippen LogP contribution in [-0.4, -0.2) is 35.4 Å². The fourth-order valence-electron chi connectivity index (χ4n) is 3.15. The molecule has 0 aliphatic carbocycles. The lowest BCUT2D eigenvalue weighted by atomic mass is 10.1. The van der Waals surface area contributed by atoms with Gasteiger partial charge >= 0.3 is 4.87 Å². The maximum Gasteiger partial charge on any atom is 0.310 e. The van der Waals surface area contributed by atoms with Gasteiger partial charge in [0.2, 0.25) is 0 Å². The number of carbonyl (C=O) groups is 1. The number of aromatic hydroxyl groups is 1. The van der Waals surface area contributed by atoms with Crippen LogP contribution in [0, 0.1) is 6.92 Å². The van der Waals surface area contributed by atoms with E-state index in [9.17, 15) is 19.5 Å². The molecule has 0 saturated carbocycles. The minimum atomic E-state index is -0.931. The van der Waals surface area contributed by atoms with Crippen molar-refractivity contribution in [3.05, 3.63) is 85.6 Å². The van der Waals surface area contributed by atoms with Crippen LogP contribution in [0.3, 0.4) is 0 Å². The number of allylic oxidation sites excluding steroid dienone is 1. The molecule has 0 saturated heterocycles. The van der Waals surface area contributed by atoms with Gasteiger partial charge in [-0.2, -0.15) is 10.2 Å². The first-order valence-electron chi connectivity index (χ1n) is 9.18. The number of nitrogens with zero attached hydrogens (tertiary/aromatic N) is 4. The fraction of sp³-hybridized carbons (Fsp3) is 0.0952. The first-order valence-corrected chi connectivity index (χ1v) is 9.99. The van der Waals surface area contributed by atoms with Gasteiger partial charge in [-0.1, -0.05) is 18.2 Å². The number of ketones is 1. The summed E-state index contributed by atoms with van der Waals surface area (Å²) >= 11 is 0.391. The Morgan fingerprint density at radius 2 is 1.90 bits per heavy atom. The van der Waals surface area contributed by atoms with E-state index in [0.29, 0.717) is 22.6 Å². The second-order valence-corrected chi connectivity index (χ2v) is 7.70. The molecule has 156 valence electrons. The van der Waals surface area contributed by atoms with Crippen molar-refractivity contribution in [1.29, 1.82) is 0 Å². The quantitative estimate of drug-likeness (QED) is 0.366. The zero-order valence-electron chi connectivity index (χ0n) is 16.6. The molecule has 1 aromatic carbocycles. The molecule has 0 unspecified atom stereocenters. The Balaban J connectivity index is 1.79. The van der Waals surface area contributed by atoms with E-state index in [-0.39, 0.29) is 0 Å². The highest BCUT2D eigenvalue weighted by Crippen LogP contribution is 2.27. The second-order valence-electron chi connectivity index (χ2n) is 6.74. The van der Waals surface area contributed by atoms with Gasteiger partial charge in [0.25, 0.3) is 5.56 Å². The molecule has 9 nitrogen and oxygen atoms in total. The molecule has 0 amide bonds. The van der Waals surface area contributed by atoms with Crippen LogP contribution in [0.15, 0.2) is 58.4 Å². The fourth-order valence-corrected chi connectivity index (χ4v) is 3.76. The van der Waals surface area contributed by atoms with E-state index in [1.165, 1.54) is 12.2 Å². The molecule has 3 aromatic heterocycles. The molecule has 0 fully saturated rings. The molecule has 0 aliphatic heterocycles. The smallest absolute Gasteiger partial charge is 0.310 e. The largest absolute Gasteiger partial charge is 0.499 e. The molecule has 31 heavy (non-hydrogen) atoms. The SMILES string of the molecule is Cc1nn(C)cc1-c1nn(-c2ccccc2)cc1C=CC(=O)c1c(O)sc(=O)[nH]c1=O. The highest BCUT2D eigenvalue weighted by Gasteiger charge is 2.18. The molecule has 4 rings (SSSR count). The van der Waals surface area contributed by atoms with Crippen LogP contribution in [0.2, 0.25) is 0 Å². The van der Waals surface area contributed by atoms with Crippen molar-refractivity contribution < 1.29 is 9.90 Å². The van der Waals surface area contributed by atoms with Crippen molar-refractivity contribution in [2.75, 3.05) is 0 Å². The van der Waals surface area contributed by atoms with E-state index in [0.717, 1.165) is 16.9 Å². The third kappa shape index (κ3) is 4.01. The Labute approximate surface area is 179 Å². The van der Waals surface area contributed by atoms with Crippen LogP contribution in [0.1, 0.15) is 21.6 Å². The van der Waals surface area contributed by atoms with Gasteiger partial charge in [0.15, 0.2) is 10.8 Å². The third-order valence-electron chi connectivity index (χ3n) is 4.54. The number of benzene rings is 1. The van der Waals surface area contributed by atoms with Gasteiger partial charge in [0.05, 0.1) is 11.4 Å². The predicted molar refractivity (Wildman–Crippen MR) is 117 cm³/mol. The topological polar surface area (TPSA) is 123 Å². The average Bonchev–Trinajstić information content (AvgIpc) is 3.28. The monoisotopic (exact) mass is 435 g/mol. The lowest BCUT2D eigenvalue weighted by Crippen LogP contribution is -2.22. The number of H-pyrrole nitrogens is 1. The maximum absolute atomic E-state index is 12.6. The van der Waals surface area contributed by atoms with Crippen molar-refractivity contribution in [2.24, 2.45) is 7.05 Å². The number of para-hydroxylation sites is 1. The van der Waals surface area contributed by atoms with Crippen LogP contribution in [-0.2, 0) is 7.05 Å². The van der Waals surface area contributed by atoms with Crippen LogP contribution in [0.25, 0.3) is 23.0 Å². The Morgan fingerprint density at radius 1 is 1.16 bits per heavy atom. The summed E-state index contributed by atoms with van der Waals surface area (Å²) in [4.78, 5) is 37.1. The Morgan fingerprint density at radius 3 is 2.55 bits per heavy atom. The van der Waals surface area contributed by atoms with Crippen molar-refractivity contribution in [1.82, 2.24) is 24.5 Å². The first-order chi connectivity index (χ1) is 14.8. The number of nitrogens with one attached hydrogen (secondary N) is 1. The molecule has 0 bridgehead atoms. The summed E-state index contributed by atoms with van der Waals surface area (Å²) < 4.78 is 3.36. The van der Waals surface area contributed by atoms with Crippen LogP contribution < -0.4 is 10.4 Å². The summed E-state index contributed by atoms with van der Waals surface area (Å²) in [7, 11) is 1.81. The van der Waals surface area contributed by atoms with E-state index in [1.807, 2.05) is 48.4 Å². The number of aromatic nitrogens is 5. The maximum atomic E-state index is 12.6. The van der Waals surface area contributed by atoms with Gasteiger partial charge in [-0.15, -0.1) is 0 Å². The molecule has 3 heterocycles. The second kappa shape index (κ2) is 8.00. The van der Waals surface area contributed by atoms with Crippen molar-refractivity contribution in [3.63, 3.8) is 0 Å². The number of rotatable bonds is 5. The number of hydrogen-bond acceptors (Lipinski definition) is 7. The molecule has 4 aromatic rings. The lowest BCUT2D eigenvalue weighted by Gasteiger charge is -1.99. The molecule has 0 aliphatic rings. The van der Waals surface area contributed by atoms with Gasteiger partial charge in [0.1, 0.15) is 11.3 Å². The Kier molecular flexibility index (Phi) is 5.22. The van der Waals surface area contributed by atoms with Gasteiger partial charge in [0, 0.05) is 30.6 Å². The lowest BCUT2D eigenvalue weighted by molar-refractivity contribution is 0.104. The average molecular weight is 435 g/mol. The van der Waals surface area contributed by atoms with Crippen LogP contribution >= 0.6 is 11.3 Å². The summed E-state index contributed by atoms with van der Waals surface area (Å²) in [6, 6.07) is 9.47. The zero-order chi connectivity index (χ0) is 22.1. The van der Waals surface area contributed by atoms with Gasteiger partial charge in [-0.25, -0.2) is 4.68 Å². The first kappa shape index (κ1) is 20.2. The van der Waals surface area contributed by atoms with Gasteiger partial charge in [-0.05, 0) is 42.5 Å². The zero-order valence-corrected chi connectivity index (χ0v) is 17.4. The van der Waals surface area contributed by atoms with E-state index in [1.54, 1.807) is 22.6 Å². The van der Waals surface area contributed by atoms with Crippen molar-refractivity contribution >= 4 is 23.2 Å². The molecule has 0 radical (unpaired) electrons. The van der Waals surface area contributed by atoms with Gasteiger partial charge in [-0.3, -0.25) is 24.0 Å². The standard InChI is InChI=1S/C21H17N5O4S/c1-12-15(11-25(2)23-12)18-13(10-26(24-18)14-6-4-3-5-7-14)8-9-16(27)17-19(28)22-21(30)31-20(17)29/h3-11,29H,1-2H3,(H,22,28,30). The molecule has 0 atom stereocenters. The van der Waals surface area contributed by atoms with E-state index >= 15 is 0 Å². The number of aromatic amines is 1.